The van der Waals surface area contributed by atoms with Gasteiger partial charge in [0.2, 0.25) is 0 Å². The summed E-state index contributed by atoms with van der Waals surface area (Å²) < 4.78 is 0. The molecule has 2 N–H and O–H groups in total. The third-order valence-electron chi connectivity index (χ3n) is 1.70. The van der Waals surface area contributed by atoms with Gasteiger partial charge in [0, 0.05) is 6.54 Å². The molecule has 0 aliphatic carbocycles. The number of hydrogen-bond acceptors (Lipinski definition) is 3. The van der Waals surface area contributed by atoms with Crippen molar-refractivity contribution in [2.75, 3.05) is 11.9 Å². The van der Waals surface area contributed by atoms with Crippen molar-refractivity contribution in [1.29, 1.82) is 5.26 Å². The molecule has 0 aliphatic rings. The van der Waals surface area contributed by atoms with E-state index in [4.69, 9.17) is 10.4 Å². The summed E-state index contributed by atoms with van der Waals surface area (Å²) >= 11 is 0. The van der Waals surface area contributed by atoms with Crippen LogP contribution < -0.4 is 5.32 Å². The summed E-state index contributed by atoms with van der Waals surface area (Å²) in [6, 6.07) is 9.02. The van der Waals surface area contributed by atoms with Crippen molar-refractivity contribution in [3.63, 3.8) is 0 Å². The minimum absolute atomic E-state index is 0.0414. The van der Waals surface area contributed by atoms with Crippen LogP contribution in [0.25, 0.3) is 0 Å². The van der Waals surface area contributed by atoms with Crippen molar-refractivity contribution in [1.82, 2.24) is 0 Å². The second-order valence-corrected chi connectivity index (χ2v) is 2.73. The highest BCUT2D eigenvalue weighted by molar-refractivity contribution is 5.68. The van der Waals surface area contributed by atoms with Crippen LogP contribution in [0, 0.1) is 11.3 Å². The third kappa shape index (κ3) is 2.79. The first kappa shape index (κ1) is 10.1. The highest BCUT2D eigenvalue weighted by atomic mass is 16.4. The lowest BCUT2D eigenvalue weighted by Crippen LogP contribution is -2.08. The van der Waals surface area contributed by atoms with Crippen LogP contribution in [0.3, 0.4) is 0 Å². The SMILES string of the molecule is N#Cc1ccccc1NCCC(=O)O. The minimum atomic E-state index is -0.855. The molecule has 4 heteroatoms. The Hall–Kier alpha value is -2.02. The largest absolute Gasteiger partial charge is 0.481 e. The van der Waals surface area contributed by atoms with Gasteiger partial charge in [0.15, 0.2) is 0 Å². The first-order chi connectivity index (χ1) is 6.74. The zero-order valence-electron chi connectivity index (χ0n) is 7.53. The number of aliphatic carboxylic acids is 1. The number of hydrogen-bond donors (Lipinski definition) is 2. The zero-order chi connectivity index (χ0) is 10.4. The Balaban J connectivity index is 2.59. The molecule has 0 saturated heterocycles. The smallest absolute Gasteiger partial charge is 0.305 e. The fraction of sp³-hybridized carbons (Fsp3) is 0.200. The summed E-state index contributed by atoms with van der Waals surface area (Å²) in [6.07, 6.45) is 0.0414. The molecule has 14 heavy (non-hydrogen) atoms. The van der Waals surface area contributed by atoms with E-state index >= 15 is 0 Å². The van der Waals surface area contributed by atoms with Crippen LogP contribution in [0.2, 0.25) is 0 Å². The number of nitrogens with zero attached hydrogens (tertiary/aromatic N) is 1. The van der Waals surface area contributed by atoms with Gasteiger partial charge in [-0.15, -0.1) is 0 Å². The van der Waals surface area contributed by atoms with Gasteiger partial charge in [-0.1, -0.05) is 12.1 Å². The maximum absolute atomic E-state index is 10.2. The summed E-state index contributed by atoms with van der Waals surface area (Å²) in [6.45, 7) is 0.327. The Morgan fingerprint density at radius 3 is 2.86 bits per heavy atom. The van der Waals surface area contributed by atoms with Crippen LogP contribution in [0.5, 0.6) is 0 Å². The standard InChI is InChI=1S/C10H10N2O2/c11-7-8-3-1-2-4-9(8)12-6-5-10(13)14/h1-4,12H,5-6H2,(H,13,14). The van der Waals surface area contributed by atoms with Gasteiger partial charge >= 0.3 is 5.97 Å². The van der Waals surface area contributed by atoms with Gasteiger partial charge in [-0.05, 0) is 12.1 Å². The Bertz CT molecular complexity index is 369. The number of carboxylic acid groups (broad SMARTS) is 1. The molecule has 0 aliphatic heterocycles. The molecule has 0 atom stereocenters. The van der Waals surface area contributed by atoms with E-state index in [1.807, 2.05) is 6.07 Å². The molecule has 0 saturated carbocycles. The van der Waals surface area contributed by atoms with Crippen LogP contribution in [0.1, 0.15) is 12.0 Å². The van der Waals surface area contributed by atoms with E-state index in [2.05, 4.69) is 5.32 Å². The fourth-order valence-corrected chi connectivity index (χ4v) is 1.04. The molecule has 0 aromatic heterocycles. The summed E-state index contributed by atoms with van der Waals surface area (Å²) in [5, 5.41) is 20.0. The van der Waals surface area contributed by atoms with Gasteiger partial charge in [0.25, 0.3) is 0 Å². The number of rotatable bonds is 4. The molecule has 0 heterocycles. The van der Waals surface area contributed by atoms with Crippen LogP contribution in [-0.4, -0.2) is 17.6 Å². The lowest BCUT2D eigenvalue weighted by molar-refractivity contribution is -0.136. The van der Waals surface area contributed by atoms with E-state index in [1.165, 1.54) is 0 Å². The highest BCUT2D eigenvalue weighted by Gasteiger charge is 2.00. The van der Waals surface area contributed by atoms with Crippen LogP contribution in [0.15, 0.2) is 24.3 Å². The average molecular weight is 190 g/mol. The lowest BCUT2D eigenvalue weighted by atomic mass is 10.2. The van der Waals surface area contributed by atoms with Crippen LogP contribution >= 0.6 is 0 Å². The number of carbonyl (C=O) groups is 1. The number of carboxylic acids is 1. The highest BCUT2D eigenvalue weighted by Crippen LogP contribution is 2.12. The van der Waals surface area contributed by atoms with Gasteiger partial charge in [0.05, 0.1) is 17.7 Å². The molecule has 1 aromatic rings. The number of nitrogens with one attached hydrogen (secondary N) is 1. The molecule has 1 aromatic carbocycles. The summed E-state index contributed by atoms with van der Waals surface area (Å²) in [4.78, 5) is 10.2. The van der Waals surface area contributed by atoms with Gasteiger partial charge in [-0.2, -0.15) is 5.26 Å². The molecule has 0 amide bonds. The number of para-hydroxylation sites is 1. The Morgan fingerprint density at radius 1 is 1.50 bits per heavy atom. The normalized spacial score (nSPS) is 9.07. The van der Waals surface area contributed by atoms with Gasteiger partial charge in [0.1, 0.15) is 6.07 Å². The van der Waals surface area contributed by atoms with E-state index in [0.717, 1.165) is 0 Å². The van der Waals surface area contributed by atoms with Crippen molar-refractivity contribution < 1.29 is 9.90 Å². The van der Waals surface area contributed by atoms with Crippen molar-refractivity contribution >= 4 is 11.7 Å². The topological polar surface area (TPSA) is 73.1 Å². The molecule has 0 spiro atoms. The van der Waals surface area contributed by atoms with Crippen molar-refractivity contribution in [3.05, 3.63) is 29.8 Å². The second kappa shape index (κ2) is 4.87. The fourth-order valence-electron chi connectivity index (χ4n) is 1.04. The average Bonchev–Trinajstić information content (AvgIpc) is 2.18. The van der Waals surface area contributed by atoms with Crippen molar-refractivity contribution in [2.24, 2.45) is 0 Å². The van der Waals surface area contributed by atoms with E-state index in [0.29, 0.717) is 17.8 Å². The number of benzene rings is 1. The first-order valence-electron chi connectivity index (χ1n) is 4.19. The molecule has 0 unspecified atom stereocenters. The van der Waals surface area contributed by atoms with Gasteiger partial charge in [-0.3, -0.25) is 4.79 Å². The molecule has 0 bridgehead atoms. The predicted octanol–water partition coefficient (Wildman–Crippen LogP) is 1.44. The minimum Gasteiger partial charge on any atom is -0.481 e. The monoisotopic (exact) mass is 190 g/mol. The van der Waals surface area contributed by atoms with Crippen LogP contribution in [-0.2, 0) is 4.79 Å². The number of nitriles is 1. The summed E-state index contributed by atoms with van der Waals surface area (Å²) in [5.74, 6) is -0.855. The summed E-state index contributed by atoms with van der Waals surface area (Å²) in [7, 11) is 0. The molecular weight excluding hydrogens is 180 g/mol. The molecule has 4 nitrogen and oxygen atoms in total. The Labute approximate surface area is 81.8 Å². The van der Waals surface area contributed by atoms with Crippen LogP contribution in [0.4, 0.5) is 5.69 Å². The summed E-state index contributed by atoms with van der Waals surface area (Å²) in [5.41, 5.74) is 1.20. The van der Waals surface area contributed by atoms with E-state index < -0.39 is 5.97 Å². The maximum atomic E-state index is 10.2. The van der Waals surface area contributed by atoms with Gasteiger partial charge < -0.3 is 10.4 Å². The molecule has 0 radical (unpaired) electrons. The van der Waals surface area contributed by atoms with Gasteiger partial charge in [-0.25, -0.2) is 0 Å². The second-order valence-electron chi connectivity index (χ2n) is 2.73. The third-order valence-corrected chi connectivity index (χ3v) is 1.70. The first-order valence-corrected chi connectivity index (χ1v) is 4.19. The van der Waals surface area contributed by atoms with E-state index in [-0.39, 0.29) is 6.42 Å². The predicted molar refractivity (Wildman–Crippen MR) is 51.9 cm³/mol. The van der Waals surface area contributed by atoms with E-state index in [1.54, 1.807) is 24.3 Å². The Kier molecular flexibility index (Phi) is 3.50. The maximum Gasteiger partial charge on any atom is 0.305 e. The zero-order valence-corrected chi connectivity index (χ0v) is 7.53. The quantitative estimate of drug-likeness (QED) is 0.753. The molecular formula is C10H10N2O2. The molecule has 72 valence electrons. The number of anilines is 1. The lowest BCUT2D eigenvalue weighted by Gasteiger charge is -2.05. The Morgan fingerprint density at radius 2 is 2.21 bits per heavy atom. The van der Waals surface area contributed by atoms with Crippen molar-refractivity contribution in [2.45, 2.75) is 6.42 Å². The molecule has 1 rings (SSSR count). The van der Waals surface area contributed by atoms with Crippen molar-refractivity contribution in [3.8, 4) is 6.07 Å². The molecule has 0 fully saturated rings. The van der Waals surface area contributed by atoms with E-state index in [9.17, 15) is 4.79 Å².